The largest absolute Gasteiger partial charge is 0.241 e. The number of nitrogens with zero attached hydrogens (tertiary/aromatic N) is 1. The third-order valence-corrected chi connectivity index (χ3v) is 3.87. The smallest absolute Gasteiger partial charge is 0.0958 e. The maximum absolute atomic E-state index is 4.69. The molecule has 15 heavy (non-hydrogen) atoms. The molecule has 80 valence electrons. The Morgan fingerprint density at radius 3 is 2.80 bits per heavy atom. The highest BCUT2D eigenvalue weighted by atomic mass is 32.1. The molecule has 0 fully saturated rings. The van der Waals surface area contributed by atoms with Crippen molar-refractivity contribution in [2.45, 2.75) is 39.5 Å². The fourth-order valence-corrected chi connectivity index (χ4v) is 2.59. The summed E-state index contributed by atoms with van der Waals surface area (Å²) in [6, 6.07) is 0. The van der Waals surface area contributed by atoms with Gasteiger partial charge in [0.25, 0.3) is 0 Å². The minimum Gasteiger partial charge on any atom is -0.241 e. The van der Waals surface area contributed by atoms with Gasteiger partial charge in [-0.15, -0.1) is 11.3 Å². The number of rotatable bonds is 2. The van der Waals surface area contributed by atoms with Crippen LogP contribution in [0, 0.1) is 0 Å². The average Bonchev–Trinajstić information content (AvgIpc) is 2.67. The first kappa shape index (κ1) is 10.6. The molecular formula is C13H17NS. The van der Waals surface area contributed by atoms with Crippen LogP contribution in [0.2, 0.25) is 0 Å². The lowest BCUT2D eigenvalue weighted by Gasteiger charge is -2.10. The molecule has 0 bridgehead atoms. The minimum absolute atomic E-state index is 0.539. The average molecular weight is 219 g/mol. The molecule has 2 heteroatoms. The molecule has 0 saturated heterocycles. The zero-order valence-corrected chi connectivity index (χ0v) is 10.4. The van der Waals surface area contributed by atoms with Crippen LogP contribution in [0.3, 0.4) is 0 Å². The number of allylic oxidation sites excluding steroid dienone is 4. The van der Waals surface area contributed by atoms with Gasteiger partial charge in [0.15, 0.2) is 0 Å². The predicted molar refractivity (Wildman–Crippen MR) is 67.2 cm³/mol. The summed E-state index contributed by atoms with van der Waals surface area (Å²) >= 11 is 1.77. The molecule has 1 heterocycles. The summed E-state index contributed by atoms with van der Waals surface area (Å²) in [6.07, 6.45) is 6.83. The first-order valence-corrected chi connectivity index (χ1v) is 6.38. The molecule has 0 N–H and O–H groups in total. The lowest BCUT2D eigenvalue weighted by Crippen LogP contribution is -1.93. The second-order valence-corrected chi connectivity index (χ2v) is 5.25. The summed E-state index contributed by atoms with van der Waals surface area (Å²) in [6.45, 7) is 6.61. The van der Waals surface area contributed by atoms with Crippen LogP contribution in [0.4, 0.5) is 0 Å². The van der Waals surface area contributed by atoms with Gasteiger partial charge in [0.1, 0.15) is 0 Å². The highest BCUT2D eigenvalue weighted by Crippen LogP contribution is 2.29. The summed E-state index contributed by atoms with van der Waals surface area (Å²) in [5.74, 6) is 0.539. The molecule has 1 aliphatic carbocycles. The second kappa shape index (κ2) is 4.31. The molecular weight excluding hydrogens is 202 g/mol. The van der Waals surface area contributed by atoms with E-state index in [1.165, 1.54) is 29.0 Å². The minimum atomic E-state index is 0.539. The molecule has 2 rings (SSSR count). The van der Waals surface area contributed by atoms with E-state index < -0.39 is 0 Å². The Kier molecular flexibility index (Phi) is 3.06. The molecule has 1 aromatic rings. The van der Waals surface area contributed by atoms with E-state index in [0.717, 1.165) is 5.69 Å². The number of hydrogen-bond donors (Lipinski definition) is 0. The zero-order chi connectivity index (χ0) is 10.8. The maximum Gasteiger partial charge on any atom is 0.0958 e. The van der Waals surface area contributed by atoms with Crippen molar-refractivity contribution in [3.8, 4) is 0 Å². The van der Waals surface area contributed by atoms with Gasteiger partial charge >= 0.3 is 0 Å². The van der Waals surface area contributed by atoms with Gasteiger partial charge in [-0.3, -0.25) is 0 Å². The molecule has 1 aromatic heterocycles. The Hall–Kier alpha value is -0.890. The molecule has 0 aliphatic heterocycles. The first-order valence-electron chi connectivity index (χ1n) is 5.50. The Labute approximate surface area is 95.6 Å². The Morgan fingerprint density at radius 1 is 1.40 bits per heavy atom. The number of hydrogen-bond acceptors (Lipinski definition) is 2. The van der Waals surface area contributed by atoms with Gasteiger partial charge in [-0.1, -0.05) is 31.6 Å². The lowest BCUT2D eigenvalue weighted by atomic mass is 9.97. The van der Waals surface area contributed by atoms with Crippen LogP contribution >= 0.6 is 11.3 Å². The van der Waals surface area contributed by atoms with E-state index in [0.29, 0.717) is 5.92 Å². The third kappa shape index (κ3) is 2.20. The van der Waals surface area contributed by atoms with E-state index in [4.69, 9.17) is 4.98 Å². The van der Waals surface area contributed by atoms with Gasteiger partial charge in [-0.2, -0.15) is 0 Å². The summed E-state index contributed by atoms with van der Waals surface area (Å²) in [7, 11) is 0. The summed E-state index contributed by atoms with van der Waals surface area (Å²) in [5.41, 5.74) is 3.97. The van der Waals surface area contributed by atoms with Crippen molar-refractivity contribution in [2.24, 2.45) is 0 Å². The molecule has 0 amide bonds. The monoisotopic (exact) mass is 219 g/mol. The summed E-state index contributed by atoms with van der Waals surface area (Å²) in [5, 5.41) is 3.42. The topological polar surface area (TPSA) is 12.9 Å². The van der Waals surface area contributed by atoms with Crippen LogP contribution in [0.1, 0.15) is 50.2 Å². The molecule has 0 atom stereocenters. The van der Waals surface area contributed by atoms with Gasteiger partial charge < -0.3 is 0 Å². The van der Waals surface area contributed by atoms with Crippen LogP contribution in [0.25, 0.3) is 5.57 Å². The van der Waals surface area contributed by atoms with Gasteiger partial charge in [0, 0.05) is 11.3 Å². The molecule has 1 aliphatic rings. The summed E-state index contributed by atoms with van der Waals surface area (Å²) < 4.78 is 0. The van der Waals surface area contributed by atoms with E-state index in [-0.39, 0.29) is 0 Å². The number of aromatic nitrogens is 1. The van der Waals surface area contributed by atoms with E-state index in [1.807, 2.05) is 0 Å². The van der Waals surface area contributed by atoms with Crippen molar-refractivity contribution in [3.63, 3.8) is 0 Å². The van der Waals surface area contributed by atoms with E-state index >= 15 is 0 Å². The Morgan fingerprint density at radius 2 is 2.20 bits per heavy atom. The van der Waals surface area contributed by atoms with Crippen molar-refractivity contribution in [2.75, 3.05) is 0 Å². The second-order valence-electron chi connectivity index (χ2n) is 4.36. The highest BCUT2D eigenvalue weighted by Gasteiger charge is 2.11. The van der Waals surface area contributed by atoms with Crippen molar-refractivity contribution >= 4 is 16.9 Å². The van der Waals surface area contributed by atoms with Crippen molar-refractivity contribution in [1.29, 1.82) is 0 Å². The van der Waals surface area contributed by atoms with Crippen LogP contribution in [-0.2, 0) is 0 Å². The lowest BCUT2D eigenvalue weighted by molar-refractivity contribution is 0.850. The SMILES string of the molecule is CC1=C(c2csc(C(C)C)n2)C=CCC1. The molecule has 0 saturated carbocycles. The Balaban J connectivity index is 2.33. The molecule has 0 radical (unpaired) electrons. The van der Waals surface area contributed by atoms with Crippen LogP contribution < -0.4 is 0 Å². The fourth-order valence-electron chi connectivity index (χ4n) is 1.76. The van der Waals surface area contributed by atoms with E-state index in [9.17, 15) is 0 Å². The van der Waals surface area contributed by atoms with Gasteiger partial charge in [-0.25, -0.2) is 4.98 Å². The fraction of sp³-hybridized carbons (Fsp3) is 0.462. The van der Waals surface area contributed by atoms with Gasteiger partial charge in [0.05, 0.1) is 10.7 Å². The van der Waals surface area contributed by atoms with Gasteiger partial charge in [0.2, 0.25) is 0 Å². The van der Waals surface area contributed by atoms with E-state index in [2.05, 4.69) is 38.3 Å². The quantitative estimate of drug-likeness (QED) is 0.719. The van der Waals surface area contributed by atoms with Crippen LogP contribution in [-0.4, -0.2) is 4.98 Å². The molecule has 0 spiro atoms. The summed E-state index contributed by atoms with van der Waals surface area (Å²) in [4.78, 5) is 4.69. The van der Waals surface area contributed by atoms with Gasteiger partial charge in [-0.05, 0) is 25.3 Å². The third-order valence-electron chi connectivity index (χ3n) is 2.72. The normalized spacial score (nSPS) is 16.5. The highest BCUT2D eigenvalue weighted by molar-refractivity contribution is 7.09. The molecule has 0 unspecified atom stereocenters. The van der Waals surface area contributed by atoms with E-state index in [1.54, 1.807) is 11.3 Å². The molecule has 0 aromatic carbocycles. The Bertz CT molecular complexity index is 410. The van der Waals surface area contributed by atoms with Crippen molar-refractivity contribution in [1.82, 2.24) is 4.98 Å². The van der Waals surface area contributed by atoms with Crippen molar-refractivity contribution < 1.29 is 0 Å². The van der Waals surface area contributed by atoms with Crippen LogP contribution in [0.5, 0.6) is 0 Å². The standard InChI is InChI=1S/C13H17NS/c1-9(2)13-14-12(8-15-13)11-7-5-4-6-10(11)3/h5,7-9H,4,6H2,1-3H3. The number of thiazole rings is 1. The molecule has 1 nitrogen and oxygen atoms in total. The first-order chi connectivity index (χ1) is 7.18. The van der Waals surface area contributed by atoms with Crippen LogP contribution in [0.15, 0.2) is 23.1 Å². The predicted octanol–water partition coefficient (Wildman–Crippen LogP) is 4.39. The zero-order valence-electron chi connectivity index (χ0n) is 9.58. The maximum atomic E-state index is 4.69. The van der Waals surface area contributed by atoms with Crippen molar-refractivity contribution in [3.05, 3.63) is 33.8 Å².